The molecule has 108 valence electrons. The monoisotopic (exact) mass is 296 g/mol. The Hall–Kier alpha value is -1.75. The molecular formula is C14H17ClN2O3. The van der Waals surface area contributed by atoms with Crippen molar-refractivity contribution in [3.63, 3.8) is 0 Å². The molecule has 0 saturated carbocycles. The van der Waals surface area contributed by atoms with Gasteiger partial charge in [-0.15, -0.1) is 0 Å². The van der Waals surface area contributed by atoms with Gasteiger partial charge in [-0.3, -0.25) is 9.59 Å². The molecule has 20 heavy (non-hydrogen) atoms. The highest BCUT2D eigenvalue weighted by Gasteiger charge is 2.36. The van der Waals surface area contributed by atoms with Crippen LogP contribution in [0.2, 0.25) is 5.02 Å². The number of aliphatic carboxylic acids is 1. The van der Waals surface area contributed by atoms with E-state index in [9.17, 15) is 14.7 Å². The minimum Gasteiger partial charge on any atom is -0.481 e. The number of carboxylic acids is 1. The van der Waals surface area contributed by atoms with Crippen molar-refractivity contribution >= 4 is 29.2 Å². The van der Waals surface area contributed by atoms with Crippen molar-refractivity contribution in [1.82, 2.24) is 0 Å². The van der Waals surface area contributed by atoms with E-state index >= 15 is 0 Å². The summed E-state index contributed by atoms with van der Waals surface area (Å²) in [6.07, 6.45) is 1.16. The Morgan fingerprint density at radius 1 is 1.35 bits per heavy atom. The van der Waals surface area contributed by atoms with Gasteiger partial charge in [-0.25, -0.2) is 0 Å². The number of nitrogens with two attached hydrogens (primary N) is 1. The van der Waals surface area contributed by atoms with Crippen LogP contribution < -0.4 is 10.6 Å². The Kier molecular flexibility index (Phi) is 3.90. The average molecular weight is 297 g/mol. The smallest absolute Gasteiger partial charge is 0.309 e. The summed E-state index contributed by atoms with van der Waals surface area (Å²) < 4.78 is 0. The van der Waals surface area contributed by atoms with E-state index in [1.54, 1.807) is 25.1 Å². The van der Waals surface area contributed by atoms with Gasteiger partial charge in [0.25, 0.3) is 0 Å². The molecule has 1 aromatic carbocycles. The Morgan fingerprint density at radius 3 is 2.40 bits per heavy atom. The third-order valence-corrected chi connectivity index (χ3v) is 4.28. The zero-order chi connectivity index (χ0) is 14.9. The lowest BCUT2D eigenvalue weighted by Crippen LogP contribution is -2.42. The highest BCUT2D eigenvalue weighted by Crippen LogP contribution is 2.34. The van der Waals surface area contributed by atoms with Gasteiger partial charge in [-0.2, -0.15) is 0 Å². The number of benzene rings is 1. The lowest BCUT2D eigenvalue weighted by molar-refractivity contribution is -0.149. The first-order chi connectivity index (χ1) is 9.33. The number of carbonyl (C=O) groups is 2. The molecule has 0 radical (unpaired) electrons. The first-order valence-electron chi connectivity index (χ1n) is 6.41. The summed E-state index contributed by atoms with van der Waals surface area (Å²) >= 11 is 6.03. The highest BCUT2D eigenvalue weighted by molar-refractivity contribution is 6.34. The number of carbonyl (C=O) groups excluding carboxylic acids is 1. The fraction of sp³-hybridized carbons (Fsp3) is 0.429. The van der Waals surface area contributed by atoms with Crippen LogP contribution in [0.15, 0.2) is 18.2 Å². The molecule has 1 amide bonds. The lowest BCUT2D eigenvalue weighted by atomic mass is 9.80. The third kappa shape index (κ3) is 2.72. The van der Waals surface area contributed by atoms with Crippen LogP contribution in [-0.2, 0) is 4.79 Å². The number of carboxylic acid groups (broad SMARTS) is 1. The van der Waals surface area contributed by atoms with E-state index in [4.69, 9.17) is 17.3 Å². The van der Waals surface area contributed by atoms with E-state index in [-0.39, 0.29) is 0 Å². The van der Waals surface area contributed by atoms with Gasteiger partial charge in [-0.1, -0.05) is 11.6 Å². The SMILES string of the molecule is CC1(C(=O)O)CCN(c2ccc(C(N)=O)c(Cl)c2)CC1. The molecule has 1 fully saturated rings. The second kappa shape index (κ2) is 5.32. The van der Waals surface area contributed by atoms with Gasteiger partial charge in [0.2, 0.25) is 5.91 Å². The van der Waals surface area contributed by atoms with Crippen LogP contribution >= 0.6 is 11.6 Å². The van der Waals surface area contributed by atoms with Gasteiger partial charge in [0.15, 0.2) is 0 Å². The number of piperidine rings is 1. The van der Waals surface area contributed by atoms with Gasteiger partial charge in [0.1, 0.15) is 0 Å². The zero-order valence-electron chi connectivity index (χ0n) is 11.2. The van der Waals surface area contributed by atoms with Crippen LogP contribution in [0.25, 0.3) is 0 Å². The number of hydrogen-bond acceptors (Lipinski definition) is 3. The lowest BCUT2D eigenvalue weighted by Gasteiger charge is -2.37. The minimum absolute atomic E-state index is 0.294. The molecule has 5 nitrogen and oxygen atoms in total. The average Bonchev–Trinajstić information content (AvgIpc) is 2.38. The van der Waals surface area contributed by atoms with Crippen molar-refractivity contribution in [3.8, 4) is 0 Å². The molecule has 1 aliphatic heterocycles. The number of halogens is 1. The first kappa shape index (κ1) is 14.7. The molecule has 0 aliphatic carbocycles. The summed E-state index contributed by atoms with van der Waals surface area (Å²) in [6.45, 7) is 3.07. The maximum atomic E-state index is 11.2. The standard InChI is InChI=1S/C14H17ClN2O3/c1-14(13(19)20)4-6-17(7-5-14)9-2-3-10(12(16)18)11(15)8-9/h2-3,8H,4-7H2,1H3,(H2,16,18)(H,19,20). The predicted molar refractivity (Wildman–Crippen MR) is 77.2 cm³/mol. The maximum absolute atomic E-state index is 11.2. The van der Waals surface area contributed by atoms with Crippen LogP contribution in [0, 0.1) is 5.41 Å². The molecule has 0 unspecified atom stereocenters. The highest BCUT2D eigenvalue weighted by atomic mass is 35.5. The fourth-order valence-corrected chi connectivity index (χ4v) is 2.64. The summed E-state index contributed by atoms with van der Waals surface area (Å²) in [6, 6.07) is 5.09. The van der Waals surface area contributed by atoms with Crippen LogP contribution in [-0.4, -0.2) is 30.1 Å². The molecule has 6 heteroatoms. The number of amides is 1. The van der Waals surface area contributed by atoms with Crippen molar-refractivity contribution in [2.24, 2.45) is 11.1 Å². The Balaban J connectivity index is 2.13. The van der Waals surface area contributed by atoms with E-state index < -0.39 is 17.3 Å². The molecule has 0 atom stereocenters. The van der Waals surface area contributed by atoms with Gasteiger partial charge < -0.3 is 15.7 Å². The van der Waals surface area contributed by atoms with E-state index in [1.807, 2.05) is 0 Å². The molecule has 1 aliphatic rings. The molecule has 0 spiro atoms. The topological polar surface area (TPSA) is 83.6 Å². The maximum Gasteiger partial charge on any atom is 0.309 e. The molecule has 1 heterocycles. The van der Waals surface area contributed by atoms with Crippen molar-refractivity contribution in [3.05, 3.63) is 28.8 Å². The van der Waals surface area contributed by atoms with E-state index in [1.165, 1.54) is 0 Å². The number of nitrogens with zero attached hydrogens (tertiary/aromatic N) is 1. The summed E-state index contributed by atoms with van der Waals surface area (Å²) in [5.41, 5.74) is 5.73. The minimum atomic E-state index is -0.751. The molecule has 1 saturated heterocycles. The Bertz CT molecular complexity index is 551. The molecule has 0 aromatic heterocycles. The molecular weight excluding hydrogens is 280 g/mol. The van der Waals surface area contributed by atoms with Crippen molar-refractivity contribution < 1.29 is 14.7 Å². The van der Waals surface area contributed by atoms with E-state index in [2.05, 4.69) is 4.90 Å². The van der Waals surface area contributed by atoms with Gasteiger partial charge >= 0.3 is 5.97 Å². The largest absolute Gasteiger partial charge is 0.481 e. The van der Waals surface area contributed by atoms with Crippen LogP contribution in [0.3, 0.4) is 0 Å². The van der Waals surface area contributed by atoms with Crippen LogP contribution in [0.1, 0.15) is 30.1 Å². The normalized spacial score (nSPS) is 17.8. The van der Waals surface area contributed by atoms with Crippen molar-refractivity contribution in [2.75, 3.05) is 18.0 Å². The summed E-state index contributed by atoms with van der Waals surface area (Å²) in [5, 5.41) is 9.53. The quantitative estimate of drug-likeness (QED) is 0.895. The Labute approximate surface area is 122 Å². The number of hydrogen-bond donors (Lipinski definition) is 2. The molecule has 1 aromatic rings. The number of rotatable bonds is 3. The third-order valence-electron chi connectivity index (χ3n) is 3.97. The van der Waals surface area contributed by atoms with E-state index in [0.717, 1.165) is 5.69 Å². The van der Waals surface area contributed by atoms with Crippen molar-refractivity contribution in [1.29, 1.82) is 0 Å². The van der Waals surface area contributed by atoms with Crippen LogP contribution in [0.5, 0.6) is 0 Å². The second-order valence-corrected chi connectivity index (χ2v) is 5.79. The molecule has 0 bridgehead atoms. The molecule has 3 N–H and O–H groups in total. The summed E-state index contributed by atoms with van der Waals surface area (Å²) in [5.74, 6) is -1.31. The zero-order valence-corrected chi connectivity index (χ0v) is 12.0. The summed E-state index contributed by atoms with van der Waals surface area (Å²) in [4.78, 5) is 24.4. The fourth-order valence-electron chi connectivity index (χ4n) is 2.37. The van der Waals surface area contributed by atoms with Crippen molar-refractivity contribution in [2.45, 2.75) is 19.8 Å². The van der Waals surface area contributed by atoms with Gasteiger partial charge in [0.05, 0.1) is 16.0 Å². The predicted octanol–water partition coefficient (Wildman–Crippen LogP) is 2.13. The van der Waals surface area contributed by atoms with E-state index in [0.29, 0.717) is 36.5 Å². The first-order valence-corrected chi connectivity index (χ1v) is 6.79. The number of primary amides is 1. The summed E-state index contributed by atoms with van der Waals surface area (Å²) in [7, 11) is 0. The second-order valence-electron chi connectivity index (χ2n) is 5.38. The van der Waals surface area contributed by atoms with Gasteiger partial charge in [0, 0.05) is 18.8 Å². The van der Waals surface area contributed by atoms with Crippen LogP contribution in [0.4, 0.5) is 5.69 Å². The Morgan fingerprint density at radius 2 is 1.95 bits per heavy atom. The van der Waals surface area contributed by atoms with Gasteiger partial charge in [-0.05, 0) is 38.0 Å². The number of anilines is 1. The molecule has 2 rings (SSSR count).